The topological polar surface area (TPSA) is 406 Å². The van der Waals surface area contributed by atoms with Crippen molar-refractivity contribution < 1.29 is 101 Å². The number of azo groups is 2. The average molecular weight is 1460 g/mol. The molecule has 1 saturated heterocycles. The van der Waals surface area contributed by atoms with Crippen LogP contribution < -0.4 is 22.5 Å². The Hall–Kier alpha value is -7.82. The van der Waals surface area contributed by atoms with E-state index in [0.29, 0.717) is 225 Å². The first-order chi connectivity index (χ1) is 50.1. The molecule has 0 bridgehead atoms. The molecule has 104 heavy (non-hydrogen) atoms. The molecule has 0 spiro atoms. The van der Waals surface area contributed by atoms with Gasteiger partial charge in [0.1, 0.15) is 34.1 Å². The zero-order chi connectivity index (χ0) is 75.9. The number of hydrogen-bond donors (Lipinski definition) is 6. The molecule has 5 rings (SSSR count). The molecule has 4 aromatic carbocycles. The number of nitrogens with zero attached hydrogens (tertiary/aromatic N) is 5. The number of hydrogen-bond acceptors (Lipinski definition) is 28. The van der Waals surface area contributed by atoms with Crippen molar-refractivity contribution in [2.75, 3.05) is 158 Å². The summed E-state index contributed by atoms with van der Waals surface area (Å²) < 4.78 is 64.5. The standard InChI is InChI=1S/C35H54N4O9.C25H27N3O7.C14H32N2O5/c1-35(2,3)48-33(41)8-4-7-28-9-14-32(40)31(27-28)39-38-30-12-10-29(11-13-30)34(42)37-16-6-18-44-20-22-46-24-26-47-25-23-45-21-19-43-17-5-15-36;1-25(2,3)34-23(32)6-4-5-16-7-12-20(29)19(15-16)27-26-18-10-8-17(9-11-18)24(33)35-28-21(30)13-14-22(28)31;15-3-1-5-17-7-9-19-11-13-21-14-12-20-10-8-18-6-2-4-16/h9-14,27,40H,4-8,15-26,36H2,1-3H3,(H,37,42);7-12,15,29H,4-6,13-14H2,1-3H3;1-16H2. The molecule has 1 aliphatic heterocycles. The number of phenolic OH excluding ortho intramolecular Hbond substituents is 2. The van der Waals surface area contributed by atoms with E-state index in [1.54, 1.807) is 54.6 Å². The van der Waals surface area contributed by atoms with Gasteiger partial charge in [0.05, 0.1) is 123 Å². The van der Waals surface area contributed by atoms with Crippen molar-refractivity contribution in [3.05, 3.63) is 107 Å². The third kappa shape index (κ3) is 45.4. The number of phenols is 2. The number of esters is 2. The van der Waals surface area contributed by atoms with E-state index in [0.717, 1.165) is 30.4 Å². The maximum absolute atomic E-state index is 12.5. The number of imide groups is 1. The summed E-state index contributed by atoms with van der Waals surface area (Å²) >= 11 is 0. The van der Waals surface area contributed by atoms with Gasteiger partial charge in [-0.1, -0.05) is 12.1 Å². The summed E-state index contributed by atoms with van der Waals surface area (Å²) in [6, 6.07) is 22.6. The quantitative estimate of drug-likeness (QED) is 0.0104. The summed E-state index contributed by atoms with van der Waals surface area (Å²) in [6.07, 6.45) is 6.36. The second-order valence-corrected chi connectivity index (χ2v) is 25.1. The number of aryl methyl sites for hydroxylation is 2. The molecule has 9 N–H and O–H groups in total. The van der Waals surface area contributed by atoms with E-state index in [1.165, 1.54) is 30.3 Å². The first kappa shape index (κ1) is 90.4. The van der Waals surface area contributed by atoms with Crippen LogP contribution in [0.3, 0.4) is 0 Å². The van der Waals surface area contributed by atoms with Gasteiger partial charge in [-0.15, -0.1) is 15.3 Å². The summed E-state index contributed by atoms with van der Waals surface area (Å²) in [6.45, 7) is 24.7. The van der Waals surface area contributed by atoms with Gasteiger partial charge >= 0.3 is 17.9 Å². The average Bonchev–Trinajstić information content (AvgIpc) is 1.51. The SMILES string of the molecule is CC(C)(C)OC(=O)CCCc1ccc(O)c(N=Nc2ccc(C(=O)NCCCOCCOCCOCCOCCOCCCN)cc2)c1.CC(C)(C)OC(=O)CCCc1ccc(O)c(N=Nc2ccc(C(=O)ON3C(=O)CCC3=O)cc2)c1.NCCCOCCOCCOCCOCCOCCCN. The Morgan fingerprint density at radius 3 is 1.07 bits per heavy atom. The number of rotatable bonds is 52. The second-order valence-electron chi connectivity index (χ2n) is 25.1. The molecule has 0 unspecified atom stereocenters. The number of hydroxylamine groups is 2. The number of carbonyl (C=O) groups is 6. The van der Waals surface area contributed by atoms with Crippen LogP contribution in [0.4, 0.5) is 22.7 Å². The smallest absolute Gasteiger partial charge is 0.363 e. The van der Waals surface area contributed by atoms with Crippen LogP contribution in [-0.2, 0) is 93.7 Å². The van der Waals surface area contributed by atoms with Gasteiger partial charge in [0.25, 0.3) is 17.7 Å². The largest absolute Gasteiger partial charge is 0.506 e. The van der Waals surface area contributed by atoms with Crippen molar-refractivity contribution >= 4 is 58.4 Å². The third-order valence-electron chi connectivity index (χ3n) is 13.8. The highest BCUT2D eigenvalue weighted by Crippen LogP contribution is 2.32. The second kappa shape index (κ2) is 55.6. The molecule has 1 aliphatic rings. The Balaban J connectivity index is 0.000000438. The fourth-order valence-electron chi connectivity index (χ4n) is 8.63. The van der Waals surface area contributed by atoms with E-state index in [2.05, 4.69) is 25.8 Å². The minimum atomic E-state index is -0.839. The molecule has 0 aliphatic carbocycles. The first-order valence-corrected chi connectivity index (χ1v) is 35.5. The monoisotopic (exact) mass is 1460 g/mol. The molecule has 0 aromatic heterocycles. The minimum absolute atomic E-state index is 0.00153. The van der Waals surface area contributed by atoms with Crippen molar-refractivity contribution in [1.29, 1.82) is 0 Å². The lowest BCUT2D eigenvalue weighted by Gasteiger charge is -2.19. The lowest BCUT2D eigenvalue weighted by molar-refractivity contribution is -0.172. The maximum Gasteiger partial charge on any atom is 0.363 e. The Labute approximate surface area is 611 Å². The van der Waals surface area contributed by atoms with Gasteiger partial charge in [0.2, 0.25) is 0 Å². The predicted octanol–water partition coefficient (Wildman–Crippen LogP) is 9.48. The lowest BCUT2D eigenvalue weighted by Crippen LogP contribution is -2.32. The molecule has 1 heterocycles. The zero-order valence-corrected chi connectivity index (χ0v) is 61.7. The van der Waals surface area contributed by atoms with Gasteiger partial charge in [-0.3, -0.25) is 24.0 Å². The van der Waals surface area contributed by atoms with E-state index in [1.807, 2.05) is 41.5 Å². The summed E-state index contributed by atoms with van der Waals surface area (Å²) in [5.41, 5.74) is 19.0. The van der Waals surface area contributed by atoms with Gasteiger partial charge in [-0.05, 0) is 196 Å². The van der Waals surface area contributed by atoms with Crippen LogP contribution in [0.1, 0.15) is 138 Å². The zero-order valence-electron chi connectivity index (χ0n) is 61.7. The highest BCUT2D eigenvalue weighted by Gasteiger charge is 2.33. The molecule has 580 valence electrons. The summed E-state index contributed by atoms with van der Waals surface area (Å²) in [5.74, 6) is -2.69. The normalized spacial score (nSPS) is 12.3. The Morgan fingerprint density at radius 2 is 0.740 bits per heavy atom. The van der Waals surface area contributed by atoms with Crippen LogP contribution in [-0.4, -0.2) is 220 Å². The Kier molecular flexibility index (Phi) is 48.4. The van der Waals surface area contributed by atoms with Crippen LogP contribution in [0.15, 0.2) is 105 Å². The van der Waals surface area contributed by atoms with Crippen molar-refractivity contribution in [3.63, 3.8) is 0 Å². The van der Waals surface area contributed by atoms with Crippen LogP contribution in [0.5, 0.6) is 11.5 Å². The summed E-state index contributed by atoms with van der Waals surface area (Å²) in [7, 11) is 0. The Bertz CT molecular complexity index is 3060. The van der Waals surface area contributed by atoms with Crippen molar-refractivity contribution in [2.45, 2.75) is 130 Å². The molecule has 1 fully saturated rings. The van der Waals surface area contributed by atoms with E-state index >= 15 is 0 Å². The highest BCUT2D eigenvalue weighted by molar-refractivity contribution is 6.02. The molecule has 30 nitrogen and oxygen atoms in total. The fraction of sp³-hybridized carbons (Fsp3) is 0.595. The van der Waals surface area contributed by atoms with E-state index in [4.69, 9.17) is 78.9 Å². The maximum atomic E-state index is 12.5. The number of ether oxygens (including phenoxy) is 12. The third-order valence-corrected chi connectivity index (χ3v) is 13.8. The summed E-state index contributed by atoms with van der Waals surface area (Å²) in [5, 5.41) is 40.2. The van der Waals surface area contributed by atoms with Gasteiger partial charge in [-0.2, -0.15) is 10.2 Å². The molecule has 30 heteroatoms. The van der Waals surface area contributed by atoms with Crippen LogP contribution in [0, 0.1) is 0 Å². The first-order valence-electron chi connectivity index (χ1n) is 35.5. The van der Waals surface area contributed by atoms with Crippen LogP contribution >= 0.6 is 0 Å². The summed E-state index contributed by atoms with van der Waals surface area (Å²) in [4.78, 5) is 76.5. The predicted molar refractivity (Wildman–Crippen MR) is 388 cm³/mol. The minimum Gasteiger partial charge on any atom is -0.506 e. The van der Waals surface area contributed by atoms with Crippen molar-refractivity contribution in [1.82, 2.24) is 10.4 Å². The van der Waals surface area contributed by atoms with Gasteiger partial charge < -0.3 is 94.4 Å². The van der Waals surface area contributed by atoms with Crippen LogP contribution in [0.2, 0.25) is 0 Å². The van der Waals surface area contributed by atoms with E-state index < -0.39 is 29.0 Å². The fourth-order valence-corrected chi connectivity index (χ4v) is 8.63. The number of carbonyl (C=O) groups excluding carboxylic acids is 6. The molecule has 0 saturated carbocycles. The molecule has 0 radical (unpaired) electrons. The Morgan fingerprint density at radius 1 is 0.423 bits per heavy atom. The number of aromatic hydroxyl groups is 2. The molecular formula is C74H113N9O21. The van der Waals surface area contributed by atoms with E-state index in [-0.39, 0.29) is 59.9 Å². The van der Waals surface area contributed by atoms with Gasteiger partial charge in [0, 0.05) is 64.2 Å². The number of benzene rings is 4. The molecular weight excluding hydrogens is 1350 g/mol. The van der Waals surface area contributed by atoms with Gasteiger partial charge in [-0.25, -0.2) is 4.79 Å². The number of nitrogens with one attached hydrogen (secondary N) is 1. The molecule has 3 amide bonds. The van der Waals surface area contributed by atoms with E-state index in [9.17, 15) is 39.0 Å². The van der Waals surface area contributed by atoms with Crippen LogP contribution in [0.25, 0.3) is 0 Å². The van der Waals surface area contributed by atoms with Crippen molar-refractivity contribution in [3.8, 4) is 11.5 Å². The number of nitrogens with two attached hydrogens (primary N) is 3. The lowest BCUT2D eigenvalue weighted by atomic mass is 10.1. The molecule has 4 aromatic rings. The number of amides is 3. The van der Waals surface area contributed by atoms with Gasteiger partial charge in [0.15, 0.2) is 0 Å². The highest BCUT2D eigenvalue weighted by atomic mass is 16.7. The molecule has 0 atom stereocenters. The van der Waals surface area contributed by atoms with Crippen molar-refractivity contribution in [2.24, 2.45) is 37.7 Å².